The first-order valence-corrected chi connectivity index (χ1v) is 7.76. The number of hydrogen-bond donors (Lipinski definition) is 1. The Morgan fingerprint density at radius 1 is 1.42 bits per heavy atom. The summed E-state index contributed by atoms with van der Waals surface area (Å²) >= 11 is 1.54. The second-order valence-electron chi connectivity index (χ2n) is 5.01. The van der Waals surface area contributed by atoms with Crippen molar-refractivity contribution in [3.8, 4) is 0 Å². The van der Waals surface area contributed by atoms with E-state index >= 15 is 0 Å². The van der Waals surface area contributed by atoms with Gasteiger partial charge in [0, 0.05) is 12.5 Å². The zero-order valence-corrected chi connectivity index (χ0v) is 13.1. The topological polar surface area (TPSA) is 53.4 Å². The van der Waals surface area contributed by atoms with E-state index in [9.17, 15) is 9.90 Å². The minimum absolute atomic E-state index is 0.239. The molecule has 1 rings (SSSR count). The monoisotopic (exact) mass is 284 g/mol. The fourth-order valence-corrected chi connectivity index (χ4v) is 2.93. The van der Waals surface area contributed by atoms with Crippen LogP contribution in [-0.2, 0) is 6.54 Å². The van der Waals surface area contributed by atoms with Crippen molar-refractivity contribution >= 4 is 17.3 Å². The van der Waals surface area contributed by atoms with Crippen LogP contribution in [0.3, 0.4) is 0 Å². The molecular formula is C14H24N2O2S. The summed E-state index contributed by atoms with van der Waals surface area (Å²) < 4.78 is 0. The number of carboxylic acid groups (broad SMARTS) is 1. The molecule has 108 valence electrons. The van der Waals surface area contributed by atoms with E-state index in [4.69, 9.17) is 0 Å². The van der Waals surface area contributed by atoms with Crippen molar-refractivity contribution in [3.63, 3.8) is 0 Å². The van der Waals surface area contributed by atoms with E-state index in [1.54, 1.807) is 0 Å². The van der Waals surface area contributed by atoms with E-state index < -0.39 is 5.97 Å². The average Bonchev–Trinajstić information content (AvgIpc) is 2.78. The van der Waals surface area contributed by atoms with Crippen molar-refractivity contribution in [3.05, 3.63) is 15.6 Å². The van der Waals surface area contributed by atoms with Crippen LogP contribution in [0.15, 0.2) is 0 Å². The number of carbonyl (C=O) groups is 1. The Morgan fingerprint density at radius 2 is 2.11 bits per heavy atom. The van der Waals surface area contributed by atoms with Gasteiger partial charge in [-0.1, -0.05) is 34.1 Å². The maximum absolute atomic E-state index is 11.3. The molecule has 1 N–H and O–H groups in total. The number of unbranched alkanes of at least 4 members (excludes halogenated alkanes) is 1. The molecule has 0 aromatic carbocycles. The van der Waals surface area contributed by atoms with Gasteiger partial charge in [0.1, 0.15) is 0 Å². The fourth-order valence-electron chi connectivity index (χ4n) is 1.82. The Bertz CT molecular complexity index is 416. The summed E-state index contributed by atoms with van der Waals surface area (Å²) in [6.45, 7) is 11.0. The Kier molecular flexibility index (Phi) is 6.45. The third kappa shape index (κ3) is 4.58. The minimum atomic E-state index is -0.912. The Morgan fingerprint density at radius 3 is 2.58 bits per heavy atom. The first-order valence-electron chi connectivity index (χ1n) is 6.94. The molecule has 0 atom stereocenters. The SMILES string of the molecule is CCCCN(CC)Cc1sc(C(C)C)nc1C(=O)O. The summed E-state index contributed by atoms with van der Waals surface area (Å²) in [5.74, 6) is -0.632. The van der Waals surface area contributed by atoms with Crippen LogP contribution in [0.4, 0.5) is 0 Å². The molecule has 0 aliphatic carbocycles. The molecule has 0 aliphatic heterocycles. The smallest absolute Gasteiger partial charge is 0.355 e. The van der Waals surface area contributed by atoms with E-state index in [1.807, 2.05) is 13.8 Å². The van der Waals surface area contributed by atoms with Gasteiger partial charge < -0.3 is 5.11 Å². The van der Waals surface area contributed by atoms with Crippen molar-refractivity contribution in [2.24, 2.45) is 0 Å². The van der Waals surface area contributed by atoms with Gasteiger partial charge in [-0.2, -0.15) is 0 Å². The molecule has 0 unspecified atom stereocenters. The lowest BCUT2D eigenvalue weighted by Gasteiger charge is -2.19. The fraction of sp³-hybridized carbons (Fsp3) is 0.714. The standard InChI is InChI=1S/C14H24N2O2S/c1-5-7-8-16(6-2)9-11-12(14(17)18)15-13(19-11)10(3)4/h10H,5-9H2,1-4H3,(H,17,18). The third-order valence-corrected chi connectivity index (χ3v) is 4.39. The predicted molar refractivity (Wildman–Crippen MR) is 79.0 cm³/mol. The van der Waals surface area contributed by atoms with Crippen LogP contribution >= 0.6 is 11.3 Å². The van der Waals surface area contributed by atoms with Gasteiger partial charge in [-0.15, -0.1) is 11.3 Å². The summed E-state index contributed by atoms with van der Waals surface area (Å²) in [5.41, 5.74) is 0.239. The second kappa shape index (κ2) is 7.60. The molecule has 0 saturated heterocycles. The highest BCUT2D eigenvalue weighted by Gasteiger charge is 2.20. The van der Waals surface area contributed by atoms with E-state index in [-0.39, 0.29) is 11.6 Å². The average molecular weight is 284 g/mol. The highest BCUT2D eigenvalue weighted by molar-refractivity contribution is 7.12. The molecule has 0 saturated carbocycles. The summed E-state index contributed by atoms with van der Waals surface area (Å²) in [4.78, 5) is 18.7. The number of aromatic carboxylic acids is 1. The lowest BCUT2D eigenvalue weighted by Crippen LogP contribution is -2.24. The second-order valence-corrected chi connectivity index (χ2v) is 6.12. The zero-order chi connectivity index (χ0) is 14.4. The first-order chi connectivity index (χ1) is 8.99. The lowest BCUT2D eigenvalue weighted by atomic mass is 10.2. The number of thiazole rings is 1. The Labute approximate surface area is 119 Å². The molecule has 0 aliphatic rings. The minimum Gasteiger partial charge on any atom is -0.476 e. The van der Waals surface area contributed by atoms with Gasteiger partial charge in [-0.3, -0.25) is 4.90 Å². The highest BCUT2D eigenvalue weighted by atomic mass is 32.1. The van der Waals surface area contributed by atoms with Gasteiger partial charge in [0.15, 0.2) is 5.69 Å². The molecule has 4 nitrogen and oxygen atoms in total. The Balaban J connectivity index is 2.88. The van der Waals surface area contributed by atoms with Crippen molar-refractivity contribution < 1.29 is 9.90 Å². The number of hydrogen-bond acceptors (Lipinski definition) is 4. The van der Waals surface area contributed by atoms with Crippen molar-refractivity contribution in [2.45, 2.75) is 53.0 Å². The van der Waals surface area contributed by atoms with Crippen molar-refractivity contribution in [2.75, 3.05) is 13.1 Å². The first kappa shape index (κ1) is 16.1. The van der Waals surface area contributed by atoms with Gasteiger partial charge in [-0.25, -0.2) is 9.78 Å². The Hall–Kier alpha value is -0.940. The van der Waals surface area contributed by atoms with E-state index in [0.717, 1.165) is 35.8 Å². The van der Waals surface area contributed by atoms with Crippen LogP contribution in [0.25, 0.3) is 0 Å². The highest BCUT2D eigenvalue weighted by Crippen LogP contribution is 2.26. The molecule has 0 radical (unpaired) electrons. The number of carboxylic acids is 1. The molecule has 5 heteroatoms. The molecule has 19 heavy (non-hydrogen) atoms. The number of rotatable bonds is 8. The van der Waals surface area contributed by atoms with Crippen LogP contribution in [-0.4, -0.2) is 34.0 Å². The summed E-state index contributed by atoms with van der Waals surface area (Å²) in [6.07, 6.45) is 2.30. The molecule has 0 amide bonds. The van der Waals surface area contributed by atoms with E-state index in [0.29, 0.717) is 6.54 Å². The van der Waals surface area contributed by atoms with Gasteiger partial charge in [-0.05, 0) is 19.5 Å². The molecule has 1 aromatic rings. The lowest BCUT2D eigenvalue weighted by molar-refractivity contribution is 0.0688. The van der Waals surface area contributed by atoms with Gasteiger partial charge >= 0.3 is 5.97 Å². The predicted octanol–water partition coefficient (Wildman–Crippen LogP) is 3.59. The summed E-state index contributed by atoms with van der Waals surface area (Å²) in [6, 6.07) is 0. The van der Waals surface area contributed by atoms with Gasteiger partial charge in [0.25, 0.3) is 0 Å². The maximum Gasteiger partial charge on any atom is 0.355 e. The number of aromatic nitrogens is 1. The van der Waals surface area contributed by atoms with Crippen molar-refractivity contribution in [1.29, 1.82) is 0 Å². The van der Waals surface area contributed by atoms with Gasteiger partial charge in [0.05, 0.1) is 9.88 Å². The largest absolute Gasteiger partial charge is 0.476 e. The third-order valence-electron chi connectivity index (χ3n) is 3.05. The zero-order valence-electron chi connectivity index (χ0n) is 12.3. The summed E-state index contributed by atoms with van der Waals surface area (Å²) in [7, 11) is 0. The summed E-state index contributed by atoms with van der Waals surface area (Å²) in [5, 5.41) is 10.2. The maximum atomic E-state index is 11.3. The normalized spacial score (nSPS) is 11.5. The van der Waals surface area contributed by atoms with Gasteiger partial charge in [0.2, 0.25) is 0 Å². The van der Waals surface area contributed by atoms with Crippen molar-refractivity contribution in [1.82, 2.24) is 9.88 Å². The quantitative estimate of drug-likeness (QED) is 0.792. The van der Waals surface area contributed by atoms with Crippen LogP contribution in [0.2, 0.25) is 0 Å². The molecule has 0 spiro atoms. The molecule has 1 heterocycles. The van der Waals surface area contributed by atoms with Crippen LogP contribution in [0.1, 0.15) is 66.8 Å². The molecule has 1 aromatic heterocycles. The van der Waals surface area contributed by atoms with E-state index in [2.05, 4.69) is 23.7 Å². The molecular weight excluding hydrogens is 260 g/mol. The van der Waals surface area contributed by atoms with Crippen LogP contribution in [0, 0.1) is 0 Å². The molecule has 0 fully saturated rings. The molecule has 0 bridgehead atoms. The van der Waals surface area contributed by atoms with Crippen LogP contribution < -0.4 is 0 Å². The van der Waals surface area contributed by atoms with Crippen LogP contribution in [0.5, 0.6) is 0 Å². The number of nitrogens with zero attached hydrogens (tertiary/aromatic N) is 2. The van der Waals surface area contributed by atoms with E-state index in [1.165, 1.54) is 11.3 Å².